The van der Waals surface area contributed by atoms with E-state index in [1.165, 1.54) is 6.33 Å². The van der Waals surface area contributed by atoms with Gasteiger partial charge in [0, 0.05) is 17.5 Å². The molecule has 0 amide bonds. The Labute approximate surface area is 122 Å². The maximum absolute atomic E-state index is 11.7. The fourth-order valence-electron chi connectivity index (χ4n) is 2.85. The number of thioether (sulfide) groups is 1. The number of carbonyl (C=O) groups is 1. The van der Waals surface area contributed by atoms with Gasteiger partial charge in [0.15, 0.2) is 0 Å². The summed E-state index contributed by atoms with van der Waals surface area (Å²) in [5, 5.41) is 14.3. The highest BCUT2D eigenvalue weighted by atomic mass is 32.2. The first-order valence-electron chi connectivity index (χ1n) is 7.12. The molecule has 0 bridgehead atoms. The van der Waals surface area contributed by atoms with E-state index in [4.69, 9.17) is 0 Å². The second kappa shape index (κ2) is 5.69. The molecular formula is C14H19N3O2S. The minimum atomic E-state index is -0.732. The molecule has 2 unspecified atom stereocenters. The van der Waals surface area contributed by atoms with E-state index in [0.29, 0.717) is 17.7 Å². The molecule has 3 rings (SSSR count). The number of aliphatic carboxylic acids is 1. The molecule has 1 aromatic heterocycles. The summed E-state index contributed by atoms with van der Waals surface area (Å²) in [4.78, 5) is 19.9. The van der Waals surface area contributed by atoms with Crippen LogP contribution in [0.15, 0.2) is 23.6 Å². The van der Waals surface area contributed by atoms with E-state index >= 15 is 0 Å². The van der Waals surface area contributed by atoms with Gasteiger partial charge in [-0.25, -0.2) is 9.97 Å². The molecule has 5 nitrogen and oxygen atoms in total. The van der Waals surface area contributed by atoms with Crippen LogP contribution in [0.4, 0.5) is 0 Å². The highest BCUT2D eigenvalue weighted by Crippen LogP contribution is 2.39. The standard InChI is InChI=1S/C14H19N3O2S/c18-13(19)14(17-10-3-4-10)6-1-2-11(8-14)20-12-5-7-15-9-16-12/h5,7,9-11,17H,1-4,6,8H2,(H,18,19). The average molecular weight is 293 g/mol. The summed E-state index contributed by atoms with van der Waals surface area (Å²) in [6.07, 6.45) is 8.90. The van der Waals surface area contributed by atoms with E-state index in [-0.39, 0.29) is 0 Å². The third-order valence-electron chi connectivity index (χ3n) is 4.02. The lowest BCUT2D eigenvalue weighted by Gasteiger charge is -2.38. The molecule has 0 aromatic carbocycles. The first-order valence-corrected chi connectivity index (χ1v) is 8.00. The van der Waals surface area contributed by atoms with Crippen molar-refractivity contribution in [3.8, 4) is 0 Å². The molecule has 1 heterocycles. The Kier molecular flexibility index (Phi) is 3.94. The van der Waals surface area contributed by atoms with E-state index in [9.17, 15) is 9.90 Å². The van der Waals surface area contributed by atoms with E-state index in [2.05, 4.69) is 15.3 Å². The number of aromatic nitrogens is 2. The van der Waals surface area contributed by atoms with Crippen molar-refractivity contribution in [1.82, 2.24) is 15.3 Å². The predicted octanol–water partition coefficient (Wildman–Crippen LogP) is 2.09. The number of hydrogen-bond acceptors (Lipinski definition) is 5. The van der Waals surface area contributed by atoms with Crippen molar-refractivity contribution in [1.29, 1.82) is 0 Å². The summed E-state index contributed by atoms with van der Waals surface area (Å²) >= 11 is 1.68. The fourth-order valence-corrected chi connectivity index (χ4v) is 4.09. The molecule has 0 spiro atoms. The Bertz CT molecular complexity index is 481. The zero-order chi connectivity index (χ0) is 14.0. The lowest BCUT2D eigenvalue weighted by atomic mass is 9.81. The van der Waals surface area contributed by atoms with Gasteiger partial charge in [0.05, 0.1) is 5.03 Å². The summed E-state index contributed by atoms with van der Waals surface area (Å²) < 4.78 is 0. The van der Waals surface area contributed by atoms with Crippen molar-refractivity contribution in [2.75, 3.05) is 0 Å². The second-order valence-electron chi connectivity index (χ2n) is 5.69. The number of hydrogen-bond donors (Lipinski definition) is 2. The van der Waals surface area contributed by atoms with Gasteiger partial charge in [0.25, 0.3) is 0 Å². The van der Waals surface area contributed by atoms with Crippen LogP contribution in [0.25, 0.3) is 0 Å². The maximum atomic E-state index is 11.7. The summed E-state index contributed by atoms with van der Waals surface area (Å²) in [6, 6.07) is 2.30. The average Bonchev–Trinajstić information content (AvgIpc) is 3.24. The smallest absolute Gasteiger partial charge is 0.323 e. The van der Waals surface area contributed by atoms with Gasteiger partial charge in [0.2, 0.25) is 0 Å². The van der Waals surface area contributed by atoms with Crippen LogP contribution in [-0.4, -0.2) is 37.9 Å². The molecule has 0 radical (unpaired) electrons. The molecule has 2 N–H and O–H groups in total. The zero-order valence-corrected chi connectivity index (χ0v) is 12.1. The van der Waals surface area contributed by atoms with Crippen LogP contribution >= 0.6 is 11.8 Å². The molecular weight excluding hydrogens is 274 g/mol. The van der Waals surface area contributed by atoms with Gasteiger partial charge < -0.3 is 5.11 Å². The van der Waals surface area contributed by atoms with Crippen LogP contribution < -0.4 is 5.32 Å². The van der Waals surface area contributed by atoms with Gasteiger partial charge in [-0.2, -0.15) is 0 Å². The molecule has 2 saturated carbocycles. The topological polar surface area (TPSA) is 75.1 Å². The zero-order valence-electron chi connectivity index (χ0n) is 11.3. The number of carboxylic acids is 1. The normalized spacial score (nSPS) is 30.1. The molecule has 6 heteroatoms. The summed E-state index contributed by atoms with van der Waals surface area (Å²) in [7, 11) is 0. The maximum Gasteiger partial charge on any atom is 0.323 e. The van der Waals surface area contributed by atoms with Crippen molar-refractivity contribution >= 4 is 17.7 Å². The van der Waals surface area contributed by atoms with Gasteiger partial charge in [0.1, 0.15) is 11.9 Å². The van der Waals surface area contributed by atoms with Crippen LogP contribution in [0.1, 0.15) is 38.5 Å². The highest BCUT2D eigenvalue weighted by Gasteiger charge is 2.46. The Hall–Kier alpha value is -1.14. The van der Waals surface area contributed by atoms with E-state index < -0.39 is 11.5 Å². The first kappa shape index (κ1) is 13.8. The molecule has 108 valence electrons. The lowest BCUT2D eigenvalue weighted by molar-refractivity contribution is -0.146. The fraction of sp³-hybridized carbons (Fsp3) is 0.643. The second-order valence-corrected chi connectivity index (χ2v) is 7.01. The third-order valence-corrected chi connectivity index (χ3v) is 5.23. The Morgan fingerprint density at radius 2 is 2.30 bits per heavy atom. The summed E-state index contributed by atoms with van der Waals surface area (Å²) in [6.45, 7) is 0. The predicted molar refractivity (Wildman–Crippen MR) is 76.7 cm³/mol. The Morgan fingerprint density at radius 3 is 2.95 bits per heavy atom. The molecule has 2 aliphatic rings. The van der Waals surface area contributed by atoms with Crippen LogP contribution in [0.3, 0.4) is 0 Å². The summed E-state index contributed by atoms with van der Waals surface area (Å²) in [5.41, 5.74) is -0.732. The van der Waals surface area contributed by atoms with Gasteiger partial charge in [-0.3, -0.25) is 10.1 Å². The number of nitrogens with zero attached hydrogens (tertiary/aromatic N) is 2. The molecule has 2 atom stereocenters. The highest BCUT2D eigenvalue weighted by molar-refractivity contribution is 7.99. The minimum absolute atomic E-state index is 0.306. The first-order chi connectivity index (χ1) is 9.68. The third kappa shape index (κ3) is 3.12. The van der Waals surface area contributed by atoms with Crippen molar-refractivity contribution in [2.45, 2.75) is 60.4 Å². The molecule has 20 heavy (non-hydrogen) atoms. The number of rotatable bonds is 5. The van der Waals surface area contributed by atoms with Crippen molar-refractivity contribution in [3.63, 3.8) is 0 Å². The van der Waals surface area contributed by atoms with Gasteiger partial charge in [-0.05, 0) is 44.6 Å². The SMILES string of the molecule is O=C(O)C1(NC2CC2)CCCC(Sc2ccncn2)C1. The summed E-state index contributed by atoms with van der Waals surface area (Å²) in [5.74, 6) is -0.697. The van der Waals surface area contributed by atoms with Crippen molar-refractivity contribution in [3.05, 3.63) is 18.6 Å². The van der Waals surface area contributed by atoms with E-state index in [1.54, 1.807) is 18.0 Å². The molecule has 2 fully saturated rings. The van der Waals surface area contributed by atoms with E-state index in [1.807, 2.05) is 6.07 Å². The largest absolute Gasteiger partial charge is 0.480 e. The van der Waals surface area contributed by atoms with Crippen LogP contribution in [0.5, 0.6) is 0 Å². The van der Waals surface area contributed by atoms with Crippen LogP contribution in [0.2, 0.25) is 0 Å². The van der Waals surface area contributed by atoms with Crippen molar-refractivity contribution < 1.29 is 9.90 Å². The van der Waals surface area contributed by atoms with E-state index in [0.717, 1.165) is 37.1 Å². The van der Waals surface area contributed by atoms with Crippen LogP contribution in [-0.2, 0) is 4.79 Å². The number of carboxylic acid groups (broad SMARTS) is 1. The Morgan fingerprint density at radius 1 is 1.45 bits per heavy atom. The van der Waals surface area contributed by atoms with Gasteiger partial charge in [-0.15, -0.1) is 11.8 Å². The molecule has 0 saturated heterocycles. The minimum Gasteiger partial charge on any atom is -0.480 e. The number of nitrogens with one attached hydrogen (secondary N) is 1. The molecule has 2 aliphatic carbocycles. The van der Waals surface area contributed by atoms with Gasteiger partial charge >= 0.3 is 5.97 Å². The van der Waals surface area contributed by atoms with Gasteiger partial charge in [-0.1, -0.05) is 0 Å². The quantitative estimate of drug-likeness (QED) is 0.810. The Balaban J connectivity index is 1.69. The molecule has 0 aliphatic heterocycles. The monoisotopic (exact) mass is 293 g/mol. The van der Waals surface area contributed by atoms with Crippen molar-refractivity contribution in [2.24, 2.45) is 0 Å². The van der Waals surface area contributed by atoms with Crippen LogP contribution in [0, 0.1) is 0 Å². The lowest BCUT2D eigenvalue weighted by Crippen LogP contribution is -2.56. The molecule has 1 aromatic rings.